The van der Waals surface area contributed by atoms with Crippen LogP contribution in [0, 0.1) is 6.92 Å². The van der Waals surface area contributed by atoms with Gasteiger partial charge in [-0.05, 0) is 54.4 Å². The van der Waals surface area contributed by atoms with Gasteiger partial charge < -0.3 is 15.0 Å². The highest BCUT2D eigenvalue weighted by Gasteiger charge is 2.12. The number of nitrogens with zero attached hydrogens (tertiary/aromatic N) is 4. The molecule has 0 fully saturated rings. The summed E-state index contributed by atoms with van der Waals surface area (Å²) in [7, 11) is 3.36. The zero-order valence-corrected chi connectivity index (χ0v) is 18.9. The van der Waals surface area contributed by atoms with E-state index in [-0.39, 0.29) is 5.97 Å². The van der Waals surface area contributed by atoms with Crippen molar-refractivity contribution in [3.8, 4) is 10.6 Å². The molecule has 3 aromatic heterocycles. The summed E-state index contributed by atoms with van der Waals surface area (Å²) in [5.74, 6) is 1.14. The lowest BCUT2D eigenvalue weighted by molar-refractivity contribution is 0.0600. The number of aromatic nitrogens is 3. The molecule has 1 aromatic carbocycles. The highest BCUT2D eigenvalue weighted by Crippen LogP contribution is 2.31. The van der Waals surface area contributed by atoms with Crippen LogP contribution >= 0.6 is 11.3 Å². The van der Waals surface area contributed by atoms with Gasteiger partial charge in [-0.15, -0.1) is 0 Å². The van der Waals surface area contributed by atoms with Crippen molar-refractivity contribution in [2.45, 2.75) is 13.5 Å². The molecule has 1 N–H and O–H groups in total. The third-order valence-corrected chi connectivity index (χ3v) is 5.90. The van der Waals surface area contributed by atoms with Crippen molar-refractivity contribution in [3.05, 3.63) is 83.7 Å². The Morgan fingerprint density at radius 1 is 1.09 bits per heavy atom. The summed E-state index contributed by atoms with van der Waals surface area (Å²) < 4.78 is 4.81. The summed E-state index contributed by atoms with van der Waals surface area (Å²) in [6, 6.07) is 17.2. The molecule has 0 bridgehead atoms. The number of pyridine rings is 2. The van der Waals surface area contributed by atoms with E-state index in [9.17, 15) is 4.79 Å². The van der Waals surface area contributed by atoms with E-state index in [0.717, 1.165) is 38.5 Å². The molecule has 8 heteroatoms. The van der Waals surface area contributed by atoms with E-state index in [1.165, 1.54) is 7.11 Å². The highest BCUT2D eigenvalue weighted by molar-refractivity contribution is 7.18. The molecule has 0 saturated carbocycles. The van der Waals surface area contributed by atoms with E-state index in [4.69, 9.17) is 9.72 Å². The van der Waals surface area contributed by atoms with Crippen LogP contribution in [0.1, 0.15) is 21.5 Å². The fourth-order valence-electron chi connectivity index (χ4n) is 3.19. The van der Waals surface area contributed by atoms with E-state index in [2.05, 4.69) is 15.3 Å². The van der Waals surface area contributed by atoms with Gasteiger partial charge in [-0.2, -0.15) is 0 Å². The second-order valence-electron chi connectivity index (χ2n) is 7.31. The van der Waals surface area contributed by atoms with Crippen LogP contribution in [0.15, 0.2) is 67.0 Å². The van der Waals surface area contributed by atoms with Gasteiger partial charge in [0.25, 0.3) is 0 Å². The van der Waals surface area contributed by atoms with Crippen molar-refractivity contribution in [1.82, 2.24) is 15.0 Å². The Morgan fingerprint density at radius 2 is 1.94 bits per heavy atom. The number of hydrogen-bond acceptors (Lipinski definition) is 8. The summed E-state index contributed by atoms with van der Waals surface area (Å²) in [6.45, 7) is 2.64. The number of carbonyl (C=O) groups excluding carboxylic acids is 1. The molecule has 0 saturated heterocycles. The number of rotatable bonds is 7. The fraction of sp³-hybridized carbons (Fsp3) is 0.167. The monoisotopic (exact) mass is 445 g/mol. The second-order valence-corrected chi connectivity index (χ2v) is 8.32. The minimum atomic E-state index is -0.341. The molecular formula is C24H23N5O2S. The SMILES string of the molecule is COC(=O)c1cccc(CN(C)c2ncc(-c3cccc(Nc4cc(C)ccn4)n3)s2)c1. The predicted molar refractivity (Wildman–Crippen MR) is 127 cm³/mol. The van der Waals surface area contributed by atoms with Crippen molar-refractivity contribution >= 4 is 34.1 Å². The van der Waals surface area contributed by atoms with Crippen molar-refractivity contribution in [2.24, 2.45) is 0 Å². The van der Waals surface area contributed by atoms with E-state index in [1.54, 1.807) is 23.6 Å². The Hall–Kier alpha value is -3.78. The van der Waals surface area contributed by atoms with Gasteiger partial charge in [-0.25, -0.2) is 19.7 Å². The molecule has 0 aliphatic rings. The number of benzene rings is 1. The van der Waals surface area contributed by atoms with Crippen LogP contribution < -0.4 is 10.2 Å². The fourth-order valence-corrected chi connectivity index (χ4v) is 4.04. The Bertz CT molecular complexity index is 1240. The van der Waals surface area contributed by atoms with E-state index in [0.29, 0.717) is 12.1 Å². The number of hydrogen-bond donors (Lipinski definition) is 1. The maximum atomic E-state index is 11.8. The van der Waals surface area contributed by atoms with Gasteiger partial charge in [0.1, 0.15) is 11.6 Å². The molecule has 32 heavy (non-hydrogen) atoms. The molecule has 4 rings (SSSR count). The molecule has 0 atom stereocenters. The molecule has 7 nitrogen and oxygen atoms in total. The predicted octanol–water partition coefficient (Wildman–Crippen LogP) is 5.08. The second kappa shape index (κ2) is 9.57. The minimum Gasteiger partial charge on any atom is -0.465 e. The average Bonchev–Trinajstić information content (AvgIpc) is 3.30. The number of carbonyl (C=O) groups is 1. The number of ether oxygens (including phenoxy) is 1. The van der Waals surface area contributed by atoms with Gasteiger partial charge >= 0.3 is 5.97 Å². The van der Waals surface area contributed by atoms with Crippen LogP contribution in [0.25, 0.3) is 10.6 Å². The summed E-state index contributed by atoms with van der Waals surface area (Å²) in [5.41, 5.74) is 3.51. The van der Waals surface area contributed by atoms with Gasteiger partial charge in [-0.1, -0.05) is 29.5 Å². The molecule has 0 radical (unpaired) electrons. The topological polar surface area (TPSA) is 80.2 Å². The number of esters is 1. The normalized spacial score (nSPS) is 10.6. The van der Waals surface area contributed by atoms with Crippen LogP contribution in [-0.2, 0) is 11.3 Å². The number of aryl methyl sites for hydroxylation is 1. The Morgan fingerprint density at radius 3 is 2.75 bits per heavy atom. The Balaban J connectivity index is 1.48. The van der Waals surface area contributed by atoms with Gasteiger partial charge in [0.15, 0.2) is 5.13 Å². The quantitative estimate of drug-likeness (QED) is 0.398. The van der Waals surface area contributed by atoms with Crippen LogP contribution in [-0.4, -0.2) is 35.1 Å². The first-order chi connectivity index (χ1) is 15.5. The summed E-state index contributed by atoms with van der Waals surface area (Å²) in [4.78, 5) is 28.4. The van der Waals surface area contributed by atoms with Gasteiger partial charge in [-0.3, -0.25) is 0 Å². The van der Waals surface area contributed by atoms with Crippen molar-refractivity contribution < 1.29 is 9.53 Å². The Labute approximate surface area is 190 Å². The molecule has 0 amide bonds. The van der Waals surface area contributed by atoms with Gasteiger partial charge in [0.2, 0.25) is 0 Å². The highest BCUT2D eigenvalue weighted by atomic mass is 32.1. The molecule has 0 aliphatic heterocycles. The van der Waals surface area contributed by atoms with Crippen molar-refractivity contribution in [3.63, 3.8) is 0 Å². The van der Waals surface area contributed by atoms with Gasteiger partial charge in [0, 0.05) is 26.0 Å². The summed E-state index contributed by atoms with van der Waals surface area (Å²) in [5, 5.41) is 4.11. The van der Waals surface area contributed by atoms with Gasteiger partial charge in [0.05, 0.1) is 23.2 Å². The van der Waals surface area contributed by atoms with Crippen LogP contribution in [0.4, 0.5) is 16.8 Å². The van der Waals surface area contributed by atoms with E-state index >= 15 is 0 Å². The van der Waals surface area contributed by atoms with Crippen LogP contribution in [0.3, 0.4) is 0 Å². The molecule has 0 unspecified atom stereocenters. The molecule has 0 spiro atoms. The maximum absolute atomic E-state index is 11.8. The third kappa shape index (κ3) is 5.09. The number of anilines is 3. The number of methoxy groups -OCH3 is 1. The minimum absolute atomic E-state index is 0.341. The van der Waals surface area contributed by atoms with E-state index in [1.807, 2.05) is 73.6 Å². The number of thiazole rings is 1. The molecule has 0 aliphatic carbocycles. The lowest BCUT2D eigenvalue weighted by Gasteiger charge is -2.16. The molecule has 162 valence electrons. The largest absolute Gasteiger partial charge is 0.465 e. The lowest BCUT2D eigenvalue weighted by Crippen LogP contribution is -2.16. The van der Waals surface area contributed by atoms with Crippen molar-refractivity contribution in [2.75, 3.05) is 24.4 Å². The van der Waals surface area contributed by atoms with E-state index < -0.39 is 0 Å². The maximum Gasteiger partial charge on any atom is 0.337 e. The zero-order valence-electron chi connectivity index (χ0n) is 18.1. The number of nitrogens with one attached hydrogen (secondary N) is 1. The summed E-state index contributed by atoms with van der Waals surface area (Å²) in [6.07, 6.45) is 3.60. The molecule has 3 heterocycles. The van der Waals surface area contributed by atoms with Crippen LogP contribution in [0.2, 0.25) is 0 Å². The van der Waals surface area contributed by atoms with Crippen LogP contribution in [0.5, 0.6) is 0 Å². The first-order valence-electron chi connectivity index (χ1n) is 10.0. The molecule has 4 aromatic rings. The first-order valence-corrected chi connectivity index (χ1v) is 10.8. The zero-order chi connectivity index (χ0) is 22.5. The smallest absolute Gasteiger partial charge is 0.337 e. The average molecular weight is 446 g/mol. The van der Waals surface area contributed by atoms with Crippen molar-refractivity contribution in [1.29, 1.82) is 0 Å². The lowest BCUT2D eigenvalue weighted by atomic mass is 10.1. The standard InChI is InChI=1S/C24H23N5O2S/c1-16-10-11-25-22(12-16)28-21-9-5-8-19(27-21)20-14-26-24(32-20)29(2)15-17-6-4-7-18(13-17)23(30)31-3/h4-14H,15H2,1-3H3,(H,25,27,28). The third-order valence-electron chi connectivity index (χ3n) is 4.76. The Kier molecular flexibility index (Phi) is 6.42. The first kappa shape index (κ1) is 21.5. The summed E-state index contributed by atoms with van der Waals surface area (Å²) >= 11 is 1.56. The molecular weight excluding hydrogens is 422 g/mol.